The second kappa shape index (κ2) is 13.6. The number of hydrogen-bond donors (Lipinski definition) is 1. The number of hydrogen-bond acceptors (Lipinski definition) is 1. The molecule has 33 heavy (non-hydrogen) atoms. The van der Waals surface area contributed by atoms with E-state index < -0.39 is 8.80 Å². The first-order valence-electron chi connectivity index (χ1n) is 12.3. The van der Waals surface area contributed by atoms with Crippen molar-refractivity contribution in [2.75, 3.05) is 0 Å². The molecule has 0 saturated carbocycles. The van der Waals surface area contributed by atoms with Crippen molar-refractivity contribution in [3.8, 4) is 0 Å². The average Bonchev–Trinajstić information content (AvgIpc) is 2.84. The third-order valence-corrected chi connectivity index (χ3v) is 9.00. The largest absolute Gasteiger partial charge is 0.345 e. The third-order valence-electron chi connectivity index (χ3n) is 6.12. The van der Waals surface area contributed by atoms with Gasteiger partial charge in [0, 0.05) is 0 Å². The van der Waals surface area contributed by atoms with Gasteiger partial charge in [0.2, 0.25) is 5.91 Å². The molecule has 1 amide bonds. The van der Waals surface area contributed by atoms with Crippen LogP contribution in [0, 0.1) is 6.92 Å². The Kier molecular flexibility index (Phi) is 10.2. The predicted octanol–water partition coefficient (Wildman–Crippen LogP) is 6.69. The van der Waals surface area contributed by atoms with Gasteiger partial charge in [0.25, 0.3) is 0 Å². The molecule has 0 saturated heterocycles. The van der Waals surface area contributed by atoms with E-state index in [0.717, 1.165) is 18.0 Å². The standard InChI is InChI=1S/C30H37NOSi/c1-3-4-11-21-33(24-27-12-7-5-8-13-27)22-20-30(32)31-29(28-14-9-6-10-15-28)23-26-18-16-25(2)17-19-26/h5-10,12-20,22,29,33H,3-4,11,21,23-24H2,1-2H3,(H,31,32). The van der Waals surface area contributed by atoms with Crippen molar-refractivity contribution < 1.29 is 4.79 Å². The Balaban J connectivity index is 1.68. The van der Waals surface area contributed by atoms with Gasteiger partial charge in [0.05, 0.1) is 14.8 Å². The van der Waals surface area contributed by atoms with Gasteiger partial charge < -0.3 is 5.32 Å². The van der Waals surface area contributed by atoms with Crippen molar-refractivity contribution in [2.24, 2.45) is 0 Å². The number of carbonyl (C=O) groups is 1. The highest BCUT2D eigenvalue weighted by atomic mass is 28.3. The monoisotopic (exact) mass is 455 g/mol. The summed E-state index contributed by atoms with van der Waals surface area (Å²) in [7, 11) is -1.18. The van der Waals surface area contributed by atoms with Gasteiger partial charge in [-0.15, -0.1) is 0 Å². The summed E-state index contributed by atoms with van der Waals surface area (Å²) in [4.78, 5) is 13.0. The van der Waals surface area contributed by atoms with E-state index in [1.54, 1.807) is 0 Å². The number of unbranched alkanes of at least 4 members (excludes halogenated alkanes) is 2. The zero-order valence-corrected chi connectivity index (χ0v) is 21.2. The van der Waals surface area contributed by atoms with Crippen LogP contribution in [-0.2, 0) is 17.3 Å². The topological polar surface area (TPSA) is 29.1 Å². The summed E-state index contributed by atoms with van der Waals surface area (Å²) in [5.74, 6) is 0.0111. The number of carbonyl (C=O) groups excluding carboxylic acids is 1. The first kappa shape index (κ1) is 24.7. The molecule has 0 aliphatic heterocycles. The molecular weight excluding hydrogens is 418 g/mol. The third kappa shape index (κ3) is 8.86. The quantitative estimate of drug-likeness (QED) is 0.184. The van der Waals surface area contributed by atoms with E-state index in [1.807, 2.05) is 24.3 Å². The molecule has 0 radical (unpaired) electrons. The molecule has 3 heteroatoms. The lowest BCUT2D eigenvalue weighted by Gasteiger charge is -2.19. The Hall–Kier alpha value is -2.91. The Morgan fingerprint density at radius 1 is 0.879 bits per heavy atom. The zero-order valence-electron chi connectivity index (χ0n) is 20.0. The molecule has 0 aromatic heterocycles. The number of aryl methyl sites for hydroxylation is 1. The van der Waals surface area contributed by atoms with Crippen molar-refractivity contribution in [3.05, 3.63) is 119 Å². The zero-order chi connectivity index (χ0) is 23.3. The first-order valence-corrected chi connectivity index (χ1v) is 14.6. The fraction of sp³-hybridized carbons (Fsp3) is 0.300. The molecule has 0 fully saturated rings. The second-order valence-corrected chi connectivity index (χ2v) is 11.9. The summed E-state index contributed by atoms with van der Waals surface area (Å²) in [6, 6.07) is 31.9. The van der Waals surface area contributed by atoms with E-state index in [-0.39, 0.29) is 11.9 Å². The van der Waals surface area contributed by atoms with Crippen LogP contribution in [0.5, 0.6) is 0 Å². The van der Waals surface area contributed by atoms with E-state index in [0.29, 0.717) is 0 Å². The van der Waals surface area contributed by atoms with Crippen molar-refractivity contribution in [3.63, 3.8) is 0 Å². The van der Waals surface area contributed by atoms with Gasteiger partial charge in [-0.25, -0.2) is 0 Å². The molecule has 2 nitrogen and oxygen atoms in total. The molecule has 2 atom stereocenters. The highest BCUT2D eigenvalue weighted by molar-refractivity contribution is 6.64. The molecule has 3 rings (SSSR count). The molecule has 0 aliphatic rings. The van der Waals surface area contributed by atoms with Gasteiger partial charge in [0.15, 0.2) is 0 Å². The molecule has 3 aromatic rings. The van der Waals surface area contributed by atoms with Crippen LogP contribution < -0.4 is 5.32 Å². The molecule has 172 valence electrons. The Morgan fingerprint density at radius 3 is 2.21 bits per heavy atom. The lowest BCUT2D eigenvalue weighted by Crippen LogP contribution is -2.29. The molecule has 0 spiro atoms. The summed E-state index contributed by atoms with van der Waals surface area (Å²) in [6.45, 7) is 4.34. The highest BCUT2D eigenvalue weighted by Gasteiger charge is 2.15. The molecule has 0 aliphatic carbocycles. The molecule has 0 bridgehead atoms. The highest BCUT2D eigenvalue weighted by Crippen LogP contribution is 2.19. The van der Waals surface area contributed by atoms with Crippen LogP contribution in [0.4, 0.5) is 0 Å². The first-order chi connectivity index (χ1) is 16.1. The molecule has 1 N–H and O–H groups in total. The van der Waals surface area contributed by atoms with E-state index in [9.17, 15) is 4.79 Å². The molecule has 2 unspecified atom stereocenters. The lowest BCUT2D eigenvalue weighted by atomic mass is 9.98. The minimum Gasteiger partial charge on any atom is -0.345 e. The minimum atomic E-state index is -1.18. The lowest BCUT2D eigenvalue weighted by molar-refractivity contribution is -0.117. The van der Waals surface area contributed by atoms with Crippen LogP contribution in [0.3, 0.4) is 0 Å². The van der Waals surface area contributed by atoms with Crippen LogP contribution in [0.15, 0.2) is 96.7 Å². The van der Waals surface area contributed by atoms with Crippen molar-refractivity contribution >= 4 is 14.7 Å². The Morgan fingerprint density at radius 2 is 1.55 bits per heavy atom. The van der Waals surface area contributed by atoms with Crippen LogP contribution in [0.2, 0.25) is 6.04 Å². The fourth-order valence-corrected chi connectivity index (χ4v) is 6.85. The second-order valence-electron chi connectivity index (χ2n) is 8.97. The van der Waals surface area contributed by atoms with Crippen molar-refractivity contribution in [1.82, 2.24) is 5.32 Å². The normalized spacial score (nSPS) is 13.0. The SMILES string of the molecule is CCCCC[SiH](C=CC(=O)NC(Cc1ccc(C)cc1)c1ccccc1)Cc1ccccc1. The number of nitrogens with one attached hydrogen (secondary N) is 1. The maximum Gasteiger partial charge on any atom is 0.243 e. The minimum absolute atomic E-state index is 0.0111. The summed E-state index contributed by atoms with van der Waals surface area (Å²) >= 11 is 0. The molecule has 0 heterocycles. The van der Waals surface area contributed by atoms with Gasteiger partial charge in [-0.2, -0.15) is 0 Å². The van der Waals surface area contributed by atoms with Crippen LogP contribution >= 0.6 is 0 Å². The maximum absolute atomic E-state index is 13.0. The summed E-state index contributed by atoms with van der Waals surface area (Å²) < 4.78 is 0. The van der Waals surface area contributed by atoms with Gasteiger partial charge in [0.1, 0.15) is 0 Å². The summed E-state index contributed by atoms with van der Waals surface area (Å²) in [5, 5.41) is 3.28. The van der Waals surface area contributed by atoms with Gasteiger partial charge in [-0.05, 0) is 36.6 Å². The van der Waals surface area contributed by atoms with E-state index >= 15 is 0 Å². The van der Waals surface area contributed by atoms with Gasteiger partial charge in [-0.1, -0.05) is 134 Å². The van der Waals surface area contributed by atoms with Crippen LogP contribution in [-0.4, -0.2) is 14.7 Å². The molecule has 3 aromatic carbocycles. The van der Waals surface area contributed by atoms with Gasteiger partial charge in [-0.3, -0.25) is 4.79 Å². The fourth-order valence-electron chi connectivity index (χ4n) is 4.18. The van der Waals surface area contributed by atoms with Gasteiger partial charge >= 0.3 is 0 Å². The maximum atomic E-state index is 13.0. The Labute approximate surface area is 201 Å². The Bertz CT molecular complexity index is 983. The van der Waals surface area contributed by atoms with E-state index in [2.05, 4.69) is 91.6 Å². The van der Waals surface area contributed by atoms with Crippen LogP contribution in [0.25, 0.3) is 0 Å². The number of benzene rings is 3. The average molecular weight is 456 g/mol. The molecular formula is C30H37NOSi. The predicted molar refractivity (Wildman–Crippen MR) is 143 cm³/mol. The number of rotatable bonds is 12. The summed E-state index contributed by atoms with van der Waals surface area (Å²) in [6.07, 6.45) is 6.35. The summed E-state index contributed by atoms with van der Waals surface area (Å²) in [5.41, 5.74) is 7.26. The smallest absolute Gasteiger partial charge is 0.243 e. The van der Waals surface area contributed by atoms with Crippen LogP contribution in [0.1, 0.15) is 54.5 Å². The van der Waals surface area contributed by atoms with Crippen molar-refractivity contribution in [1.29, 1.82) is 0 Å². The number of amides is 1. The van der Waals surface area contributed by atoms with E-state index in [1.165, 1.54) is 42.0 Å². The van der Waals surface area contributed by atoms with Crippen molar-refractivity contribution in [2.45, 2.75) is 57.7 Å². The van der Waals surface area contributed by atoms with E-state index in [4.69, 9.17) is 0 Å².